The molecule has 70 valence electrons. The topological polar surface area (TPSA) is 105 Å². The van der Waals surface area contributed by atoms with E-state index in [0.29, 0.717) is 0 Å². The SMILES string of the molecule is CC(=O)OCC(N)(N)OC(C)=O. The molecule has 0 saturated carbocycles. The van der Waals surface area contributed by atoms with Crippen LogP contribution in [0.4, 0.5) is 0 Å². The van der Waals surface area contributed by atoms with Crippen LogP contribution in [0.25, 0.3) is 0 Å². The Bertz CT molecular complexity index is 190. The molecule has 0 aliphatic heterocycles. The highest BCUT2D eigenvalue weighted by Gasteiger charge is 2.24. The van der Waals surface area contributed by atoms with Gasteiger partial charge in [0, 0.05) is 13.8 Å². The first-order valence-corrected chi connectivity index (χ1v) is 3.24. The van der Waals surface area contributed by atoms with E-state index < -0.39 is 17.8 Å². The maximum atomic E-state index is 10.4. The fraction of sp³-hybridized carbons (Fsp3) is 0.667. The van der Waals surface area contributed by atoms with Gasteiger partial charge in [-0.25, -0.2) is 0 Å². The molecule has 0 atom stereocenters. The molecule has 0 spiro atoms. The fourth-order valence-electron chi connectivity index (χ4n) is 0.511. The molecular formula is C6H12N2O4. The first kappa shape index (κ1) is 10.9. The van der Waals surface area contributed by atoms with Gasteiger partial charge in [0.2, 0.25) is 0 Å². The van der Waals surface area contributed by atoms with E-state index in [-0.39, 0.29) is 6.61 Å². The number of hydrogen-bond acceptors (Lipinski definition) is 6. The minimum Gasteiger partial charge on any atom is -0.458 e. The molecule has 4 N–H and O–H groups in total. The monoisotopic (exact) mass is 176 g/mol. The van der Waals surface area contributed by atoms with Crippen LogP contribution in [-0.4, -0.2) is 24.4 Å². The lowest BCUT2D eigenvalue weighted by molar-refractivity contribution is -0.168. The second kappa shape index (κ2) is 4.03. The van der Waals surface area contributed by atoms with Gasteiger partial charge in [-0.3, -0.25) is 21.1 Å². The third-order valence-electron chi connectivity index (χ3n) is 0.835. The Labute approximate surface area is 69.8 Å². The minimum atomic E-state index is -1.74. The van der Waals surface area contributed by atoms with Crippen LogP contribution in [0.2, 0.25) is 0 Å². The van der Waals surface area contributed by atoms with E-state index in [4.69, 9.17) is 11.5 Å². The van der Waals surface area contributed by atoms with Crippen molar-refractivity contribution in [1.82, 2.24) is 0 Å². The Kier molecular flexibility index (Phi) is 3.65. The van der Waals surface area contributed by atoms with Gasteiger partial charge in [-0.05, 0) is 0 Å². The maximum absolute atomic E-state index is 10.4. The molecule has 0 aromatic heterocycles. The number of nitrogens with two attached hydrogens (primary N) is 2. The average Bonchev–Trinajstić information content (AvgIpc) is 1.81. The average molecular weight is 176 g/mol. The van der Waals surface area contributed by atoms with Crippen LogP contribution < -0.4 is 11.5 Å². The lowest BCUT2D eigenvalue weighted by Crippen LogP contribution is -2.56. The number of rotatable bonds is 3. The third kappa shape index (κ3) is 5.63. The summed E-state index contributed by atoms with van der Waals surface area (Å²) in [6.07, 6.45) is 0. The molecule has 0 unspecified atom stereocenters. The summed E-state index contributed by atoms with van der Waals surface area (Å²) in [6, 6.07) is 0. The molecule has 6 nitrogen and oxygen atoms in total. The highest BCUT2D eigenvalue weighted by molar-refractivity contribution is 5.67. The van der Waals surface area contributed by atoms with Crippen molar-refractivity contribution in [3.05, 3.63) is 0 Å². The van der Waals surface area contributed by atoms with Crippen LogP contribution in [0, 0.1) is 0 Å². The largest absolute Gasteiger partial charge is 0.458 e. The molecule has 0 fully saturated rings. The summed E-state index contributed by atoms with van der Waals surface area (Å²) < 4.78 is 8.87. The Morgan fingerprint density at radius 3 is 2.08 bits per heavy atom. The van der Waals surface area contributed by atoms with Crippen LogP contribution in [0.15, 0.2) is 0 Å². The molecule has 12 heavy (non-hydrogen) atoms. The zero-order valence-corrected chi connectivity index (χ0v) is 6.99. The Morgan fingerprint density at radius 1 is 1.25 bits per heavy atom. The second-order valence-corrected chi connectivity index (χ2v) is 2.33. The van der Waals surface area contributed by atoms with Crippen molar-refractivity contribution in [3.63, 3.8) is 0 Å². The summed E-state index contributed by atoms with van der Waals surface area (Å²) in [5.74, 6) is -2.91. The highest BCUT2D eigenvalue weighted by Crippen LogP contribution is 1.95. The molecule has 0 aromatic carbocycles. The summed E-state index contributed by atoms with van der Waals surface area (Å²) >= 11 is 0. The van der Waals surface area contributed by atoms with Crippen molar-refractivity contribution in [2.45, 2.75) is 19.7 Å². The third-order valence-corrected chi connectivity index (χ3v) is 0.835. The van der Waals surface area contributed by atoms with Crippen molar-refractivity contribution in [2.24, 2.45) is 11.5 Å². The van der Waals surface area contributed by atoms with Crippen LogP contribution in [0.1, 0.15) is 13.8 Å². The van der Waals surface area contributed by atoms with E-state index in [1.54, 1.807) is 0 Å². The van der Waals surface area contributed by atoms with E-state index >= 15 is 0 Å². The molecule has 0 aliphatic rings. The van der Waals surface area contributed by atoms with Gasteiger partial charge >= 0.3 is 11.9 Å². The zero-order valence-electron chi connectivity index (χ0n) is 6.99. The summed E-state index contributed by atoms with van der Waals surface area (Å²) in [6.45, 7) is 1.99. The van der Waals surface area contributed by atoms with E-state index in [9.17, 15) is 9.59 Å². The van der Waals surface area contributed by atoms with E-state index in [1.807, 2.05) is 0 Å². The van der Waals surface area contributed by atoms with Gasteiger partial charge in [-0.2, -0.15) is 0 Å². The van der Waals surface area contributed by atoms with Gasteiger partial charge < -0.3 is 9.47 Å². The summed E-state index contributed by atoms with van der Waals surface area (Å²) in [5, 5.41) is 0. The molecule has 0 bridgehead atoms. The molecule has 6 heteroatoms. The van der Waals surface area contributed by atoms with Gasteiger partial charge in [-0.1, -0.05) is 0 Å². The Balaban J connectivity index is 3.86. The second-order valence-electron chi connectivity index (χ2n) is 2.33. The number of ether oxygens (including phenoxy) is 2. The maximum Gasteiger partial charge on any atom is 0.305 e. The Morgan fingerprint density at radius 2 is 1.75 bits per heavy atom. The predicted octanol–water partition coefficient (Wildman–Crippen LogP) is -1.32. The summed E-state index contributed by atoms with van der Waals surface area (Å²) in [5.41, 5.74) is 10.4. The number of carbonyl (C=O) groups excluding carboxylic acids is 2. The standard InChI is InChI=1S/C6H12N2O4/c1-4(9)11-3-6(7,8)12-5(2)10/h3,7-8H2,1-2H3. The van der Waals surface area contributed by atoms with Gasteiger partial charge in [0.15, 0.2) is 6.61 Å². The van der Waals surface area contributed by atoms with Crippen molar-refractivity contribution >= 4 is 11.9 Å². The van der Waals surface area contributed by atoms with Gasteiger partial charge in [0.25, 0.3) is 5.85 Å². The van der Waals surface area contributed by atoms with Crippen molar-refractivity contribution in [3.8, 4) is 0 Å². The van der Waals surface area contributed by atoms with Crippen molar-refractivity contribution < 1.29 is 19.1 Å². The number of carbonyl (C=O) groups is 2. The lowest BCUT2D eigenvalue weighted by atomic mass is 10.5. The number of hydrogen-bond donors (Lipinski definition) is 2. The smallest absolute Gasteiger partial charge is 0.305 e. The number of esters is 2. The van der Waals surface area contributed by atoms with E-state index in [0.717, 1.165) is 6.92 Å². The van der Waals surface area contributed by atoms with E-state index in [1.165, 1.54) is 6.92 Å². The quantitative estimate of drug-likeness (QED) is 0.408. The fourth-order valence-corrected chi connectivity index (χ4v) is 0.511. The summed E-state index contributed by atoms with van der Waals surface area (Å²) in [4.78, 5) is 20.7. The molecule has 0 rings (SSSR count). The van der Waals surface area contributed by atoms with E-state index in [2.05, 4.69) is 9.47 Å². The van der Waals surface area contributed by atoms with Crippen LogP contribution in [-0.2, 0) is 19.1 Å². The molecule has 0 heterocycles. The first-order chi connectivity index (χ1) is 5.33. The molecule has 0 aliphatic carbocycles. The minimum absolute atomic E-state index is 0.359. The predicted molar refractivity (Wildman–Crippen MR) is 39.5 cm³/mol. The molecular weight excluding hydrogens is 164 g/mol. The molecule has 0 amide bonds. The van der Waals surface area contributed by atoms with Gasteiger partial charge in [0.05, 0.1) is 0 Å². The molecule has 0 radical (unpaired) electrons. The van der Waals surface area contributed by atoms with Gasteiger partial charge in [0.1, 0.15) is 0 Å². The summed E-state index contributed by atoms with van der Waals surface area (Å²) in [7, 11) is 0. The normalized spacial score (nSPS) is 10.7. The molecule has 0 aromatic rings. The highest BCUT2D eigenvalue weighted by atomic mass is 16.6. The van der Waals surface area contributed by atoms with Crippen molar-refractivity contribution in [1.29, 1.82) is 0 Å². The first-order valence-electron chi connectivity index (χ1n) is 3.24. The Hall–Kier alpha value is -1.14. The zero-order chi connectivity index (χ0) is 9.78. The van der Waals surface area contributed by atoms with Gasteiger partial charge in [-0.15, -0.1) is 0 Å². The van der Waals surface area contributed by atoms with Crippen LogP contribution in [0.5, 0.6) is 0 Å². The lowest BCUT2D eigenvalue weighted by Gasteiger charge is -2.22. The van der Waals surface area contributed by atoms with Crippen molar-refractivity contribution in [2.75, 3.05) is 6.61 Å². The molecule has 0 saturated heterocycles. The van der Waals surface area contributed by atoms with Crippen LogP contribution >= 0.6 is 0 Å². The van der Waals surface area contributed by atoms with Crippen LogP contribution in [0.3, 0.4) is 0 Å².